The number of nitrogens with zero attached hydrogens (tertiary/aromatic N) is 1. The number of halogens is 1. The Kier molecular flexibility index (Phi) is 4.35. The van der Waals surface area contributed by atoms with E-state index in [9.17, 15) is 8.42 Å². The van der Waals surface area contributed by atoms with Crippen LogP contribution in [0.5, 0.6) is 0 Å². The van der Waals surface area contributed by atoms with Crippen LogP contribution >= 0.6 is 11.6 Å². The van der Waals surface area contributed by atoms with Crippen LogP contribution in [0.1, 0.15) is 12.0 Å². The van der Waals surface area contributed by atoms with Crippen LogP contribution in [0.15, 0.2) is 17.0 Å². The second kappa shape index (κ2) is 5.66. The topological polar surface area (TPSA) is 72.6 Å². The fourth-order valence-electron chi connectivity index (χ4n) is 2.02. The van der Waals surface area contributed by atoms with Crippen LogP contribution in [0, 0.1) is 6.92 Å². The van der Waals surface area contributed by atoms with Crippen molar-refractivity contribution in [3.63, 3.8) is 0 Å². The van der Waals surface area contributed by atoms with Gasteiger partial charge in [-0.25, -0.2) is 8.42 Å². The van der Waals surface area contributed by atoms with Crippen molar-refractivity contribution in [2.45, 2.75) is 18.2 Å². The quantitative estimate of drug-likeness (QED) is 0.843. The standard InChI is InChI=1S/C12H17ClN2O3S/c1-9-7-10(8-11(14)12(9)13)19(16,17)15-3-2-5-18-6-4-15/h7-8H,2-6,14H2,1H3. The Morgan fingerprint density at radius 1 is 1.32 bits per heavy atom. The van der Waals surface area contributed by atoms with E-state index in [1.54, 1.807) is 13.0 Å². The van der Waals surface area contributed by atoms with Crippen molar-refractivity contribution in [1.29, 1.82) is 0 Å². The second-order valence-electron chi connectivity index (χ2n) is 4.51. The number of hydrogen-bond acceptors (Lipinski definition) is 4. The fraction of sp³-hybridized carbons (Fsp3) is 0.500. The molecule has 1 fully saturated rings. The molecule has 1 aromatic carbocycles. The van der Waals surface area contributed by atoms with Gasteiger partial charge in [-0.1, -0.05) is 11.6 Å². The van der Waals surface area contributed by atoms with E-state index in [1.807, 2.05) is 0 Å². The molecule has 0 radical (unpaired) electrons. The summed E-state index contributed by atoms with van der Waals surface area (Å²) in [7, 11) is -3.53. The monoisotopic (exact) mass is 304 g/mol. The first-order valence-electron chi connectivity index (χ1n) is 6.06. The van der Waals surface area contributed by atoms with E-state index in [1.165, 1.54) is 10.4 Å². The smallest absolute Gasteiger partial charge is 0.243 e. The molecule has 1 aliphatic rings. The number of rotatable bonds is 2. The van der Waals surface area contributed by atoms with E-state index < -0.39 is 10.0 Å². The summed E-state index contributed by atoms with van der Waals surface area (Å²) >= 11 is 5.96. The summed E-state index contributed by atoms with van der Waals surface area (Å²) in [6.07, 6.45) is 0.696. The number of sulfonamides is 1. The molecule has 0 atom stereocenters. The molecule has 2 rings (SSSR count). The number of hydrogen-bond donors (Lipinski definition) is 1. The molecule has 1 saturated heterocycles. The minimum atomic E-state index is -3.53. The molecule has 1 aliphatic heterocycles. The van der Waals surface area contributed by atoms with Gasteiger partial charge < -0.3 is 10.5 Å². The van der Waals surface area contributed by atoms with Crippen LogP contribution in [0.25, 0.3) is 0 Å². The Morgan fingerprint density at radius 2 is 2.05 bits per heavy atom. The molecule has 7 heteroatoms. The normalized spacial score (nSPS) is 18.2. The third kappa shape index (κ3) is 3.02. The summed E-state index contributed by atoms with van der Waals surface area (Å²) in [6, 6.07) is 2.97. The highest BCUT2D eigenvalue weighted by atomic mass is 35.5. The predicted molar refractivity (Wildman–Crippen MR) is 74.8 cm³/mol. The van der Waals surface area contributed by atoms with Gasteiger partial charge in [-0.2, -0.15) is 4.31 Å². The number of nitrogens with two attached hydrogens (primary N) is 1. The van der Waals surface area contributed by atoms with E-state index in [0.29, 0.717) is 43.3 Å². The van der Waals surface area contributed by atoms with Crippen LogP contribution < -0.4 is 5.73 Å². The number of nitrogen functional groups attached to an aromatic ring is 1. The molecule has 0 aliphatic carbocycles. The van der Waals surface area contributed by atoms with Gasteiger partial charge in [0.15, 0.2) is 0 Å². The highest BCUT2D eigenvalue weighted by Crippen LogP contribution is 2.28. The summed E-state index contributed by atoms with van der Waals surface area (Å²) < 4.78 is 31.8. The van der Waals surface area contributed by atoms with Gasteiger partial charge in [0.1, 0.15) is 0 Å². The summed E-state index contributed by atoms with van der Waals surface area (Å²) in [6.45, 7) is 3.58. The van der Waals surface area contributed by atoms with Gasteiger partial charge in [-0.15, -0.1) is 0 Å². The molecule has 106 valence electrons. The molecule has 0 saturated carbocycles. The van der Waals surface area contributed by atoms with Crippen LogP contribution in [-0.4, -0.2) is 39.0 Å². The molecule has 19 heavy (non-hydrogen) atoms. The molecular weight excluding hydrogens is 288 g/mol. The van der Waals surface area contributed by atoms with E-state index >= 15 is 0 Å². The first-order valence-corrected chi connectivity index (χ1v) is 7.88. The first kappa shape index (κ1) is 14.6. The lowest BCUT2D eigenvalue weighted by Gasteiger charge is -2.20. The molecule has 1 aromatic rings. The average molecular weight is 305 g/mol. The summed E-state index contributed by atoms with van der Waals surface area (Å²) in [5, 5.41) is 0.401. The Bertz CT molecular complexity index is 543. The van der Waals surface area contributed by atoms with E-state index in [2.05, 4.69) is 0 Å². The number of benzene rings is 1. The first-order chi connectivity index (χ1) is 8.93. The van der Waals surface area contributed by atoms with Crippen LogP contribution in [0.2, 0.25) is 5.02 Å². The molecule has 0 bridgehead atoms. The molecule has 5 nitrogen and oxygen atoms in total. The lowest BCUT2D eigenvalue weighted by Crippen LogP contribution is -2.33. The fourth-order valence-corrected chi connectivity index (χ4v) is 3.72. The van der Waals surface area contributed by atoms with Gasteiger partial charge >= 0.3 is 0 Å². The average Bonchev–Trinajstić information content (AvgIpc) is 2.64. The maximum absolute atomic E-state index is 12.5. The third-order valence-electron chi connectivity index (χ3n) is 3.08. The van der Waals surface area contributed by atoms with Crippen molar-refractivity contribution < 1.29 is 13.2 Å². The lowest BCUT2D eigenvalue weighted by atomic mass is 10.2. The Balaban J connectivity index is 2.38. The lowest BCUT2D eigenvalue weighted by molar-refractivity contribution is 0.148. The molecular formula is C12H17ClN2O3S. The molecule has 0 aromatic heterocycles. The minimum absolute atomic E-state index is 0.189. The maximum Gasteiger partial charge on any atom is 0.243 e. The van der Waals surface area contributed by atoms with Crippen molar-refractivity contribution in [3.05, 3.63) is 22.7 Å². The van der Waals surface area contributed by atoms with Gasteiger partial charge in [-0.05, 0) is 31.0 Å². The van der Waals surface area contributed by atoms with Crippen molar-refractivity contribution in [1.82, 2.24) is 4.31 Å². The zero-order valence-electron chi connectivity index (χ0n) is 10.7. The Hall–Kier alpha value is -0.820. The summed E-state index contributed by atoms with van der Waals surface area (Å²) in [5.41, 5.74) is 6.68. The molecule has 2 N–H and O–H groups in total. The molecule has 1 heterocycles. The van der Waals surface area contributed by atoms with Crippen LogP contribution in [0.3, 0.4) is 0 Å². The highest BCUT2D eigenvalue weighted by Gasteiger charge is 2.26. The molecule has 0 amide bonds. The SMILES string of the molecule is Cc1cc(S(=O)(=O)N2CCCOCC2)cc(N)c1Cl. The van der Waals surface area contributed by atoms with E-state index in [-0.39, 0.29) is 10.6 Å². The number of anilines is 1. The van der Waals surface area contributed by atoms with Gasteiger partial charge in [0, 0.05) is 19.7 Å². The minimum Gasteiger partial charge on any atom is -0.397 e. The van der Waals surface area contributed by atoms with Crippen molar-refractivity contribution in [3.8, 4) is 0 Å². The Labute approximate surface area is 118 Å². The van der Waals surface area contributed by atoms with Gasteiger partial charge in [0.2, 0.25) is 10.0 Å². The van der Waals surface area contributed by atoms with Crippen LogP contribution in [0.4, 0.5) is 5.69 Å². The van der Waals surface area contributed by atoms with E-state index in [0.717, 1.165) is 0 Å². The van der Waals surface area contributed by atoms with Gasteiger partial charge in [-0.3, -0.25) is 0 Å². The molecule has 0 spiro atoms. The number of ether oxygens (including phenoxy) is 1. The third-order valence-corrected chi connectivity index (χ3v) is 5.47. The molecule has 0 unspecified atom stereocenters. The van der Waals surface area contributed by atoms with Crippen LogP contribution in [-0.2, 0) is 14.8 Å². The van der Waals surface area contributed by atoms with Crippen molar-refractivity contribution >= 4 is 27.3 Å². The highest BCUT2D eigenvalue weighted by molar-refractivity contribution is 7.89. The van der Waals surface area contributed by atoms with Gasteiger partial charge in [0.05, 0.1) is 22.2 Å². The van der Waals surface area contributed by atoms with Crippen molar-refractivity contribution in [2.75, 3.05) is 32.0 Å². The summed E-state index contributed by atoms with van der Waals surface area (Å²) in [5.74, 6) is 0. The van der Waals surface area contributed by atoms with E-state index in [4.69, 9.17) is 22.1 Å². The zero-order chi connectivity index (χ0) is 14.0. The summed E-state index contributed by atoms with van der Waals surface area (Å²) in [4.78, 5) is 0.189. The maximum atomic E-state index is 12.5. The van der Waals surface area contributed by atoms with Gasteiger partial charge in [0.25, 0.3) is 0 Å². The second-order valence-corrected chi connectivity index (χ2v) is 6.83. The van der Waals surface area contributed by atoms with Crippen molar-refractivity contribution in [2.24, 2.45) is 0 Å². The Morgan fingerprint density at radius 3 is 2.74 bits per heavy atom. The zero-order valence-corrected chi connectivity index (χ0v) is 12.3. The largest absolute Gasteiger partial charge is 0.397 e. The number of aryl methyl sites for hydroxylation is 1. The predicted octanol–water partition coefficient (Wildman–Crippen LogP) is 1.64.